The molecule has 0 amide bonds. The van der Waals surface area contributed by atoms with Crippen molar-refractivity contribution in [3.63, 3.8) is 0 Å². The van der Waals surface area contributed by atoms with Crippen molar-refractivity contribution in [3.8, 4) is 11.8 Å². The molecule has 108 valence electrons. The maximum Gasteiger partial charge on any atom is 0.140 e. The average Bonchev–Trinajstić information content (AvgIpc) is 2.46. The molecule has 5 heteroatoms. The van der Waals surface area contributed by atoms with Gasteiger partial charge in [-0.2, -0.15) is 5.26 Å². The minimum atomic E-state index is 0.0917. The van der Waals surface area contributed by atoms with Gasteiger partial charge in [0.2, 0.25) is 0 Å². The summed E-state index contributed by atoms with van der Waals surface area (Å²) in [5, 5.41) is 9.37. The Bertz CT molecular complexity index is 665. The predicted octanol–water partition coefficient (Wildman–Crippen LogP) is 3.08. The minimum absolute atomic E-state index is 0.0917. The smallest absolute Gasteiger partial charge is 0.140 e. The third-order valence-corrected chi connectivity index (χ3v) is 3.18. The Labute approximate surface area is 129 Å². The summed E-state index contributed by atoms with van der Waals surface area (Å²) in [6.45, 7) is 2.29. The maximum atomic E-state index is 8.81. The van der Waals surface area contributed by atoms with Crippen molar-refractivity contribution in [2.75, 3.05) is 0 Å². The van der Waals surface area contributed by atoms with Crippen molar-refractivity contribution in [3.05, 3.63) is 58.4 Å². The van der Waals surface area contributed by atoms with Crippen LogP contribution in [0.5, 0.6) is 5.75 Å². The summed E-state index contributed by atoms with van der Waals surface area (Å²) < 4.78 is 5.68. The monoisotopic (exact) mass is 301 g/mol. The van der Waals surface area contributed by atoms with E-state index in [9.17, 15) is 0 Å². The second-order valence-electron chi connectivity index (χ2n) is 4.90. The van der Waals surface area contributed by atoms with Gasteiger partial charge in [-0.05, 0) is 48.7 Å². The molecule has 0 aliphatic heterocycles. The zero-order valence-electron chi connectivity index (χ0n) is 11.7. The number of hydrogen-bond acceptors (Lipinski definition) is 4. The molecule has 1 unspecified atom stereocenters. The number of hydrogen-bond donors (Lipinski definition) is 1. The van der Waals surface area contributed by atoms with Crippen molar-refractivity contribution in [2.24, 2.45) is 5.73 Å². The zero-order valence-corrected chi connectivity index (χ0v) is 12.5. The molecule has 21 heavy (non-hydrogen) atoms. The van der Waals surface area contributed by atoms with E-state index in [-0.39, 0.29) is 6.04 Å². The highest BCUT2D eigenvalue weighted by Gasteiger charge is 2.06. The molecule has 1 atom stereocenters. The van der Waals surface area contributed by atoms with Gasteiger partial charge >= 0.3 is 0 Å². The summed E-state index contributed by atoms with van der Waals surface area (Å²) in [6, 6.07) is 11.3. The van der Waals surface area contributed by atoms with E-state index in [1.165, 1.54) is 0 Å². The third kappa shape index (κ3) is 4.45. The molecule has 4 nitrogen and oxygen atoms in total. The maximum absolute atomic E-state index is 8.81. The van der Waals surface area contributed by atoms with Crippen LogP contribution in [0.15, 0.2) is 36.5 Å². The fourth-order valence-electron chi connectivity index (χ4n) is 1.95. The molecule has 2 rings (SSSR count). The molecule has 1 heterocycles. The van der Waals surface area contributed by atoms with Crippen LogP contribution in [0.1, 0.15) is 23.7 Å². The molecule has 1 aromatic carbocycles. The van der Waals surface area contributed by atoms with E-state index in [1.807, 2.05) is 31.2 Å². The van der Waals surface area contributed by atoms with Crippen LogP contribution in [0.2, 0.25) is 5.02 Å². The predicted molar refractivity (Wildman–Crippen MR) is 82.1 cm³/mol. The Morgan fingerprint density at radius 3 is 2.81 bits per heavy atom. The van der Waals surface area contributed by atoms with E-state index in [4.69, 9.17) is 27.3 Å². The highest BCUT2D eigenvalue weighted by atomic mass is 35.5. The largest absolute Gasteiger partial charge is 0.487 e. The summed E-state index contributed by atoms with van der Waals surface area (Å²) in [7, 11) is 0. The van der Waals surface area contributed by atoms with Gasteiger partial charge in [0.05, 0.1) is 5.02 Å². The lowest BCUT2D eigenvalue weighted by molar-refractivity contribution is 0.306. The number of benzene rings is 1. The lowest BCUT2D eigenvalue weighted by Crippen LogP contribution is -2.17. The molecule has 2 aromatic rings. The van der Waals surface area contributed by atoms with Crippen molar-refractivity contribution < 1.29 is 4.74 Å². The standard InChI is InChI=1S/C16H16ClN3O/c1-11(19)6-12-2-3-16(15(17)8-12)21-10-13-4-5-20-14(7-13)9-18/h2-5,7-8,11H,6,10,19H2,1H3. The number of aromatic nitrogens is 1. The second kappa shape index (κ2) is 7.07. The van der Waals surface area contributed by atoms with Crippen molar-refractivity contribution in [2.45, 2.75) is 26.0 Å². The van der Waals surface area contributed by atoms with Crippen LogP contribution in [0.25, 0.3) is 0 Å². The average molecular weight is 302 g/mol. The van der Waals surface area contributed by atoms with E-state index >= 15 is 0 Å². The summed E-state index contributed by atoms with van der Waals surface area (Å²) >= 11 is 6.21. The Hall–Kier alpha value is -2.09. The molecule has 0 fully saturated rings. The number of rotatable bonds is 5. The van der Waals surface area contributed by atoms with Crippen LogP contribution in [0.4, 0.5) is 0 Å². The van der Waals surface area contributed by atoms with Gasteiger partial charge < -0.3 is 10.5 Å². The summed E-state index contributed by atoms with van der Waals surface area (Å²) in [4.78, 5) is 3.92. The summed E-state index contributed by atoms with van der Waals surface area (Å²) in [6.07, 6.45) is 2.36. The molecule has 2 N–H and O–H groups in total. The lowest BCUT2D eigenvalue weighted by Gasteiger charge is -2.11. The molecule has 1 aromatic heterocycles. The van der Waals surface area contributed by atoms with Crippen LogP contribution >= 0.6 is 11.6 Å². The van der Waals surface area contributed by atoms with E-state index in [0.29, 0.717) is 23.1 Å². The number of nitriles is 1. The van der Waals surface area contributed by atoms with E-state index in [0.717, 1.165) is 17.5 Å². The molecular weight excluding hydrogens is 286 g/mol. The van der Waals surface area contributed by atoms with Gasteiger partial charge in [-0.15, -0.1) is 0 Å². The topological polar surface area (TPSA) is 71.9 Å². The van der Waals surface area contributed by atoms with Gasteiger partial charge in [0.25, 0.3) is 0 Å². The van der Waals surface area contributed by atoms with Gasteiger partial charge in [-0.1, -0.05) is 17.7 Å². The first-order valence-electron chi connectivity index (χ1n) is 6.60. The molecule has 0 aliphatic rings. The Kier molecular flexibility index (Phi) is 5.15. The zero-order chi connectivity index (χ0) is 15.2. The number of nitrogens with zero attached hydrogens (tertiary/aromatic N) is 2. The third-order valence-electron chi connectivity index (χ3n) is 2.89. The summed E-state index contributed by atoms with van der Waals surface area (Å²) in [5.41, 5.74) is 8.09. The van der Waals surface area contributed by atoms with Crippen LogP contribution in [-0.2, 0) is 13.0 Å². The van der Waals surface area contributed by atoms with Crippen molar-refractivity contribution in [1.82, 2.24) is 4.98 Å². The second-order valence-corrected chi connectivity index (χ2v) is 5.30. The molecule has 0 aliphatic carbocycles. The highest BCUT2D eigenvalue weighted by Crippen LogP contribution is 2.26. The van der Waals surface area contributed by atoms with E-state index in [2.05, 4.69) is 4.98 Å². The molecule has 0 bridgehead atoms. The molecule has 0 saturated heterocycles. The van der Waals surface area contributed by atoms with Gasteiger partial charge in [0, 0.05) is 12.2 Å². The highest BCUT2D eigenvalue weighted by molar-refractivity contribution is 6.32. The van der Waals surface area contributed by atoms with Crippen molar-refractivity contribution in [1.29, 1.82) is 5.26 Å². The van der Waals surface area contributed by atoms with Gasteiger partial charge in [-0.25, -0.2) is 4.98 Å². The number of nitrogens with two attached hydrogens (primary N) is 1. The first-order chi connectivity index (χ1) is 10.1. The van der Waals surface area contributed by atoms with Crippen molar-refractivity contribution >= 4 is 11.6 Å². The van der Waals surface area contributed by atoms with Crippen LogP contribution in [-0.4, -0.2) is 11.0 Å². The van der Waals surface area contributed by atoms with Gasteiger partial charge in [0.15, 0.2) is 0 Å². The van der Waals surface area contributed by atoms with Gasteiger partial charge in [0.1, 0.15) is 24.1 Å². The molecule has 0 radical (unpaired) electrons. The fraction of sp³-hybridized carbons (Fsp3) is 0.250. The Balaban J connectivity index is 2.04. The number of ether oxygens (including phenoxy) is 1. The van der Waals surface area contributed by atoms with Crippen LogP contribution in [0, 0.1) is 11.3 Å². The minimum Gasteiger partial charge on any atom is -0.487 e. The normalized spacial score (nSPS) is 11.7. The number of halogens is 1. The van der Waals surface area contributed by atoms with Crippen LogP contribution in [0.3, 0.4) is 0 Å². The molecular formula is C16H16ClN3O. The Morgan fingerprint density at radius 1 is 1.33 bits per heavy atom. The first-order valence-corrected chi connectivity index (χ1v) is 6.98. The number of pyridine rings is 1. The van der Waals surface area contributed by atoms with Crippen LogP contribution < -0.4 is 10.5 Å². The quantitative estimate of drug-likeness (QED) is 0.921. The summed E-state index contributed by atoms with van der Waals surface area (Å²) in [5.74, 6) is 0.611. The van der Waals surface area contributed by atoms with E-state index in [1.54, 1.807) is 18.3 Å². The Morgan fingerprint density at radius 2 is 2.14 bits per heavy atom. The van der Waals surface area contributed by atoms with E-state index < -0.39 is 0 Å². The lowest BCUT2D eigenvalue weighted by atomic mass is 10.1. The van der Waals surface area contributed by atoms with Gasteiger partial charge in [-0.3, -0.25) is 0 Å². The fourth-order valence-corrected chi connectivity index (χ4v) is 2.20. The molecule has 0 saturated carbocycles. The first kappa shape index (κ1) is 15.3. The molecule has 0 spiro atoms. The SMILES string of the molecule is CC(N)Cc1ccc(OCc2ccnc(C#N)c2)c(Cl)c1.